The monoisotopic (exact) mass is 191 g/mol. The molecule has 0 atom stereocenters. The minimum atomic E-state index is -0.515. The largest absolute Gasteiger partial charge is 0.465 e. The van der Waals surface area contributed by atoms with Crippen LogP contribution in [0.2, 0.25) is 0 Å². The number of aryl methyl sites for hydroxylation is 1. The van der Waals surface area contributed by atoms with Gasteiger partial charge in [0.15, 0.2) is 5.75 Å². The number of esters is 1. The average Bonchev–Trinajstić information content (AvgIpc) is 2.20. The average molecular weight is 191 g/mol. The Hall–Kier alpha value is -2.02. The van der Waals surface area contributed by atoms with Crippen molar-refractivity contribution in [3.8, 4) is 12.0 Å². The van der Waals surface area contributed by atoms with Gasteiger partial charge in [0.1, 0.15) is 5.56 Å². The zero-order valence-electron chi connectivity index (χ0n) is 7.90. The highest BCUT2D eigenvalue weighted by molar-refractivity contribution is 5.92. The van der Waals surface area contributed by atoms with Crippen LogP contribution in [0.3, 0.4) is 0 Å². The summed E-state index contributed by atoms with van der Waals surface area (Å²) in [6.45, 7) is 1.84. The summed E-state index contributed by atoms with van der Waals surface area (Å²) in [5.41, 5.74) is 1.16. The molecule has 0 heterocycles. The second kappa shape index (κ2) is 4.28. The third-order valence-electron chi connectivity index (χ3n) is 1.70. The maximum absolute atomic E-state index is 11.2. The molecule has 0 bridgehead atoms. The fourth-order valence-electron chi connectivity index (χ4n) is 1.05. The third-order valence-corrected chi connectivity index (χ3v) is 1.70. The number of carbonyl (C=O) groups is 1. The van der Waals surface area contributed by atoms with E-state index >= 15 is 0 Å². The Labute approximate surface area is 81.7 Å². The summed E-state index contributed by atoms with van der Waals surface area (Å²) in [5, 5.41) is 8.34. The summed E-state index contributed by atoms with van der Waals surface area (Å²) in [6.07, 6.45) is 1.52. The van der Waals surface area contributed by atoms with Gasteiger partial charge in [-0.2, -0.15) is 0 Å². The molecule has 1 aromatic rings. The number of hydrogen-bond acceptors (Lipinski definition) is 4. The number of hydrogen-bond donors (Lipinski definition) is 0. The number of carbonyl (C=O) groups excluding carboxylic acids is 1. The van der Waals surface area contributed by atoms with E-state index in [1.807, 2.05) is 6.92 Å². The molecule has 0 radical (unpaired) electrons. The molecule has 0 saturated heterocycles. The summed E-state index contributed by atoms with van der Waals surface area (Å²) in [4.78, 5) is 11.2. The third kappa shape index (κ3) is 2.02. The first kappa shape index (κ1) is 10.1. The van der Waals surface area contributed by atoms with Gasteiger partial charge in [0.25, 0.3) is 6.26 Å². The van der Waals surface area contributed by atoms with E-state index in [1.54, 1.807) is 18.2 Å². The van der Waals surface area contributed by atoms with E-state index in [1.165, 1.54) is 13.4 Å². The van der Waals surface area contributed by atoms with E-state index in [4.69, 9.17) is 5.26 Å². The fourth-order valence-corrected chi connectivity index (χ4v) is 1.05. The van der Waals surface area contributed by atoms with Crippen LogP contribution in [0.15, 0.2) is 18.2 Å². The minimum absolute atomic E-state index is 0.213. The number of rotatable bonds is 2. The molecule has 0 fully saturated rings. The highest BCUT2D eigenvalue weighted by Gasteiger charge is 2.13. The lowest BCUT2D eigenvalue weighted by Gasteiger charge is -2.04. The first-order chi connectivity index (χ1) is 6.69. The Morgan fingerprint density at radius 1 is 1.50 bits per heavy atom. The Bertz CT molecular complexity index is 393. The lowest BCUT2D eigenvalue weighted by molar-refractivity contribution is 0.0598. The Morgan fingerprint density at radius 3 is 2.79 bits per heavy atom. The van der Waals surface area contributed by atoms with Crippen LogP contribution < -0.4 is 4.74 Å². The summed E-state index contributed by atoms with van der Waals surface area (Å²) >= 11 is 0. The molecular formula is C10H9NO3. The number of nitriles is 1. The fraction of sp³-hybridized carbons (Fsp3) is 0.200. The van der Waals surface area contributed by atoms with Crippen LogP contribution in [-0.4, -0.2) is 13.1 Å². The summed E-state index contributed by atoms with van der Waals surface area (Å²) in [5.74, 6) is -0.302. The molecule has 4 heteroatoms. The van der Waals surface area contributed by atoms with Crippen molar-refractivity contribution in [1.82, 2.24) is 0 Å². The van der Waals surface area contributed by atoms with Gasteiger partial charge in [-0.3, -0.25) is 0 Å². The molecule has 0 aromatic heterocycles. The quantitative estimate of drug-likeness (QED) is 0.526. The molecule has 0 aliphatic carbocycles. The van der Waals surface area contributed by atoms with Crippen LogP contribution in [0.1, 0.15) is 15.9 Å². The van der Waals surface area contributed by atoms with Crippen molar-refractivity contribution in [2.45, 2.75) is 6.92 Å². The number of nitrogens with zero attached hydrogens (tertiary/aromatic N) is 1. The van der Waals surface area contributed by atoms with E-state index in [0.717, 1.165) is 5.56 Å². The Kier molecular flexibility index (Phi) is 3.08. The van der Waals surface area contributed by atoms with Gasteiger partial charge in [0.05, 0.1) is 7.11 Å². The smallest absolute Gasteiger partial charge is 0.341 e. The molecule has 0 aliphatic heterocycles. The predicted octanol–water partition coefficient (Wildman–Crippen LogP) is 1.64. The Morgan fingerprint density at radius 2 is 2.21 bits per heavy atom. The minimum Gasteiger partial charge on any atom is -0.465 e. The molecule has 4 nitrogen and oxygen atoms in total. The van der Waals surface area contributed by atoms with E-state index in [-0.39, 0.29) is 11.3 Å². The number of ether oxygens (including phenoxy) is 2. The lowest BCUT2D eigenvalue weighted by atomic mass is 10.1. The van der Waals surface area contributed by atoms with Crippen molar-refractivity contribution in [3.05, 3.63) is 29.3 Å². The molecule has 1 rings (SSSR count). The molecular weight excluding hydrogens is 182 g/mol. The van der Waals surface area contributed by atoms with E-state index < -0.39 is 5.97 Å². The van der Waals surface area contributed by atoms with Crippen LogP contribution in [0, 0.1) is 18.4 Å². The molecule has 1 aromatic carbocycles. The number of benzene rings is 1. The van der Waals surface area contributed by atoms with Gasteiger partial charge in [-0.05, 0) is 24.6 Å². The first-order valence-corrected chi connectivity index (χ1v) is 3.94. The van der Waals surface area contributed by atoms with Crippen LogP contribution >= 0.6 is 0 Å². The van der Waals surface area contributed by atoms with Crippen molar-refractivity contribution >= 4 is 5.97 Å². The normalized spacial score (nSPS) is 8.93. The van der Waals surface area contributed by atoms with Gasteiger partial charge in [-0.15, -0.1) is 5.26 Å². The molecule has 0 spiro atoms. The maximum Gasteiger partial charge on any atom is 0.341 e. The highest BCUT2D eigenvalue weighted by Crippen LogP contribution is 2.20. The molecule has 0 N–H and O–H groups in total. The van der Waals surface area contributed by atoms with Crippen molar-refractivity contribution in [2.24, 2.45) is 0 Å². The van der Waals surface area contributed by atoms with Gasteiger partial charge >= 0.3 is 5.97 Å². The second-order valence-electron chi connectivity index (χ2n) is 2.68. The van der Waals surface area contributed by atoms with Gasteiger partial charge < -0.3 is 9.47 Å². The summed E-state index contributed by atoms with van der Waals surface area (Å²) < 4.78 is 9.17. The van der Waals surface area contributed by atoms with E-state index in [0.29, 0.717) is 0 Å². The first-order valence-electron chi connectivity index (χ1n) is 3.94. The van der Waals surface area contributed by atoms with Crippen molar-refractivity contribution in [1.29, 1.82) is 5.26 Å². The number of methoxy groups -OCH3 is 1. The lowest BCUT2D eigenvalue weighted by Crippen LogP contribution is -2.04. The van der Waals surface area contributed by atoms with Gasteiger partial charge in [-0.25, -0.2) is 4.79 Å². The molecule has 0 amide bonds. The molecule has 72 valence electrons. The van der Waals surface area contributed by atoms with E-state index in [2.05, 4.69) is 9.47 Å². The maximum atomic E-state index is 11.2. The van der Waals surface area contributed by atoms with Crippen LogP contribution in [0.25, 0.3) is 0 Å². The van der Waals surface area contributed by atoms with Crippen LogP contribution in [0.4, 0.5) is 0 Å². The molecule has 14 heavy (non-hydrogen) atoms. The SMILES string of the molecule is COC(=O)c1cc(C)ccc1OC#N. The van der Waals surface area contributed by atoms with Gasteiger partial charge in [0.2, 0.25) is 0 Å². The van der Waals surface area contributed by atoms with Crippen molar-refractivity contribution in [2.75, 3.05) is 7.11 Å². The van der Waals surface area contributed by atoms with Crippen molar-refractivity contribution in [3.63, 3.8) is 0 Å². The predicted molar refractivity (Wildman–Crippen MR) is 48.8 cm³/mol. The van der Waals surface area contributed by atoms with Crippen LogP contribution in [-0.2, 0) is 4.74 Å². The van der Waals surface area contributed by atoms with Gasteiger partial charge in [0, 0.05) is 0 Å². The Balaban J connectivity index is 3.16. The molecule has 0 saturated carbocycles. The van der Waals surface area contributed by atoms with Crippen molar-refractivity contribution < 1.29 is 14.3 Å². The highest BCUT2D eigenvalue weighted by atomic mass is 16.5. The topological polar surface area (TPSA) is 59.3 Å². The van der Waals surface area contributed by atoms with Gasteiger partial charge in [-0.1, -0.05) is 6.07 Å². The molecule has 0 unspecified atom stereocenters. The molecule has 0 aliphatic rings. The summed E-state index contributed by atoms with van der Waals surface area (Å²) in [7, 11) is 1.28. The summed E-state index contributed by atoms with van der Waals surface area (Å²) in [6, 6.07) is 4.92. The van der Waals surface area contributed by atoms with Crippen LogP contribution in [0.5, 0.6) is 5.75 Å². The standard InChI is InChI=1S/C10H9NO3/c1-7-3-4-9(14-6-11)8(5-7)10(12)13-2/h3-5H,1-2H3. The second-order valence-corrected chi connectivity index (χ2v) is 2.68. The zero-order chi connectivity index (χ0) is 10.6. The van der Waals surface area contributed by atoms with E-state index in [9.17, 15) is 4.79 Å². The zero-order valence-corrected chi connectivity index (χ0v) is 7.90.